The molecule has 2 N–H and O–H groups in total. The molecule has 5 heteroatoms. The number of hydrogen-bond acceptors (Lipinski definition) is 2. The van der Waals surface area contributed by atoms with Crippen LogP contribution in [0.4, 0.5) is 0 Å². The van der Waals surface area contributed by atoms with Gasteiger partial charge in [-0.05, 0) is 33.7 Å². The lowest BCUT2D eigenvalue weighted by Gasteiger charge is -2.24. The summed E-state index contributed by atoms with van der Waals surface area (Å²) in [6, 6.07) is 1.23. The standard InChI is InChI=1S/C13H28N4.HI/c1-11(2)16-13(14-3)15-9-10-17(4)12-7-5-6-8-12;/h11-12H,5-10H2,1-4H3,(H2,14,15,16);1H. The number of guanidine groups is 1. The van der Waals surface area contributed by atoms with Crippen LogP contribution in [-0.4, -0.2) is 50.1 Å². The monoisotopic (exact) mass is 368 g/mol. The van der Waals surface area contributed by atoms with Crippen LogP contribution in [0.15, 0.2) is 4.99 Å². The maximum atomic E-state index is 4.20. The SMILES string of the molecule is CN=C(NCCN(C)C1CCCC1)NC(C)C.I. The summed E-state index contributed by atoms with van der Waals surface area (Å²) in [4.78, 5) is 6.67. The topological polar surface area (TPSA) is 39.7 Å². The van der Waals surface area contributed by atoms with Gasteiger partial charge in [0.1, 0.15) is 0 Å². The van der Waals surface area contributed by atoms with Crippen LogP contribution in [0.3, 0.4) is 0 Å². The largest absolute Gasteiger partial charge is 0.355 e. The average Bonchev–Trinajstić information content (AvgIpc) is 2.80. The van der Waals surface area contributed by atoms with Gasteiger partial charge in [-0.3, -0.25) is 4.99 Å². The molecule has 18 heavy (non-hydrogen) atoms. The van der Waals surface area contributed by atoms with E-state index in [2.05, 4.69) is 41.4 Å². The smallest absolute Gasteiger partial charge is 0.191 e. The van der Waals surface area contributed by atoms with E-state index in [9.17, 15) is 0 Å². The third-order valence-corrected chi connectivity index (χ3v) is 3.35. The first kappa shape index (κ1) is 18.0. The molecule has 0 heterocycles. The number of nitrogens with zero attached hydrogens (tertiary/aromatic N) is 2. The van der Waals surface area contributed by atoms with Crippen molar-refractivity contribution in [1.29, 1.82) is 0 Å². The van der Waals surface area contributed by atoms with Gasteiger partial charge in [-0.15, -0.1) is 24.0 Å². The summed E-state index contributed by atoms with van der Waals surface area (Å²) in [6.45, 7) is 6.29. The zero-order valence-electron chi connectivity index (χ0n) is 12.2. The number of hydrogen-bond donors (Lipinski definition) is 2. The molecule has 0 unspecified atom stereocenters. The maximum Gasteiger partial charge on any atom is 0.191 e. The van der Waals surface area contributed by atoms with Crippen LogP contribution in [0.1, 0.15) is 39.5 Å². The van der Waals surface area contributed by atoms with Gasteiger partial charge in [0.15, 0.2) is 5.96 Å². The van der Waals surface area contributed by atoms with E-state index in [0.717, 1.165) is 25.1 Å². The summed E-state index contributed by atoms with van der Waals surface area (Å²) in [5.74, 6) is 0.903. The van der Waals surface area contributed by atoms with Crippen molar-refractivity contribution in [2.45, 2.75) is 51.6 Å². The first-order chi connectivity index (χ1) is 8.13. The summed E-state index contributed by atoms with van der Waals surface area (Å²) in [5, 5.41) is 6.65. The molecule has 1 fully saturated rings. The Hall–Kier alpha value is -0.0400. The van der Waals surface area contributed by atoms with Crippen molar-refractivity contribution < 1.29 is 0 Å². The molecule has 0 aromatic carbocycles. The lowest BCUT2D eigenvalue weighted by molar-refractivity contribution is 0.249. The molecule has 0 saturated heterocycles. The van der Waals surface area contributed by atoms with Crippen LogP contribution in [0, 0.1) is 0 Å². The van der Waals surface area contributed by atoms with Crippen molar-refractivity contribution in [2.75, 3.05) is 27.2 Å². The Bertz CT molecular complexity index is 237. The lowest BCUT2D eigenvalue weighted by Crippen LogP contribution is -2.44. The highest BCUT2D eigenvalue weighted by atomic mass is 127. The van der Waals surface area contributed by atoms with Gasteiger partial charge in [-0.25, -0.2) is 0 Å². The summed E-state index contributed by atoms with van der Waals surface area (Å²) in [7, 11) is 4.05. The van der Waals surface area contributed by atoms with Gasteiger partial charge in [-0.1, -0.05) is 12.8 Å². The maximum absolute atomic E-state index is 4.20. The highest BCUT2D eigenvalue weighted by Crippen LogP contribution is 2.21. The summed E-state index contributed by atoms with van der Waals surface area (Å²) < 4.78 is 0. The Morgan fingerprint density at radius 3 is 2.44 bits per heavy atom. The van der Waals surface area contributed by atoms with E-state index in [1.165, 1.54) is 25.7 Å². The molecule has 1 rings (SSSR count). The zero-order valence-corrected chi connectivity index (χ0v) is 14.5. The summed E-state index contributed by atoms with van der Waals surface area (Å²) in [6.07, 6.45) is 5.54. The van der Waals surface area contributed by atoms with Crippen LogP contribution in [0.25, 0.3) is 0 Å². The van der Waals surface area contributed by atoms with Crippen molar-refractivity contribution >= 4 is 29.9 Å². The number of aliphatic imine (C=N–C) groups is 1. The van der Waals surface area contributed by atoms with Gasteiger partial charge < -0.3 is 15.5 Å². The molecule has 1 aliphatic rings. The van der Waals surface area contributed by atoms with Crippen LogP contribution in [-0.2, 0) is 0 Å². The van der Waals surface area contributed by atoms with Gasteiger partial charge in [0.05, 0.1) is 0 Å². The van der Waals surface area contributed by atoms with Gasteiger partial charge in [-0.2, -0.15) is 0 Å². The molecule has 0 atom stereocenters. The highest BCUT2D eigenvalue weighted by Gasteiger charge is 2.18. The van der Waals surface area contributed by atoms with E-state index in [4.69, 9.17) is 0 Å². The zero-order chi connectivity index (χ0) is 12.7. The van der Waals surface area contributed by atoms with Crippen molar-refractivity contribution in [3.05, 3.63) is 0 Å². The minimum Gasteiger partial charge on any atom is -0.355 e. The molecule has 0 radical (unpaired) electrons. The molecule has 4 nitrogen and oxygen atoms in total. The van der Waals surface area contributed by atoms with E-state index in [1.54, 1.807) is 0 Å². The highest BCUT2D eigenvalue weighted by molar-refractivity contribution is 14.0. The van der Waals surface area contributed by atoms with Crippen LogP contribution >= 0.6 is 24.0 Å². The molecule has 0 spiro atoms. The summed E-state index contributed by atoms with van der Waals surface area (Å²) >= 11 is 0. The fraction of sp³-hybridized carbons (Fsp3) is 0.923. The van der Waals surface area contributed by atoms with Crippen LogP contribution in [0.2, 0.25) is 0 Å². The Morgan fingerprint density at radius 1 is 1.33 bits per heavy atom. The third-order valence-electron chi connectivity index (χ3n) is 3.35. The van der Waals surface area contributed by atoms with Crippen molar-refractivity contribution in [3.63, 3.8) is 0 Å². The number of nitrogens with one attached hydrogen (secondary N) is 2. The van der Waals surface area contributed by atoms with E-state index in [1.807, 2.05) is 7.05 Å². The minimum atomic E-state index is 0. The Labute approximate surface area is 129 Å². The quantitative estimate of drug-likeness (QED) is 0.443. The van der Waals surface area contributed by atoms with E-state index < -0.39 is 0 Å². The van der Waals surface area contributed by atoms with Gasteiger partial charge in [0.25, 0.3) is 0 Å². The van der Waals surface area contributed by atoms with Crippen molar-refractivity contribution in [1.82, 2.24) is 15.5 Å². The van der Waals surface area contributed by atoms with Gasteiger partial charge in [0.2, 0.25) is 0 Å². The fourth-order valence-corrected chi connectivity index (χ4v) is 2.35. The fourth-order valence-electron chi connectivity index (χ4n) is 2.35. The molecular formula is C13H29IN4. The van der Waals surface area contributed by atoms with Gasteiger partial charge in [0, 0.05) is 32.2 Å². The number of likely N-dealkylation sites (N-methyl/N-ethyl adjacent to an activating group) is 1. The second-order valence-corrected chi connectivity index (χ2v) is 5.22. The molecule has 0 bridgehead atoms. The molecule has 0 aromatic heterocycles. The molecule has 0 aliphatic heterocycles. The Kier molecular flexibility index (Phi) is 9.81. The predicted molar refractivity (Wildman–Crippen MR) is 89.9 cm³/mol. The molecule has 108 valence electrons. The number of halogens is 1. The first-order valence-electron chi connectivity index (χ1n) is 6.81. The molecule has 1 saturated carbocycles. The van der Waals surface area contributed by atoms with Crippen LogP contribution in [0.5, 0.6) is 0 Å². The second-order valence-electron chi connectivity index (χ2n) is 5.22. The Balaban J connectivity index is 0.00000289. The molecule has 1 aliphatic carbocycles. The van der Waals surface area contributed by atoms with E-state index in [-0.39, 0.29) is 24.0 Å². The van der Waals surface area contributed by atoms with Crippen LogP contribution < -0.4 is 10.6 Å². The second kappa shape index (κ2) is 9.83. The average molecular weight is 368 g/mol. The lowest BCUT2D eigenvalue weighted by atomic mass is 10.2. The third kappa shape index (κ3) is 6.78. The minimum absolute atomic E-state index is 0. The Morgan fingerprint density at radius 2 is 1.94 bits per heavy atom. The van der Waals surface area contributed by atoms with Crippen molar-refractivity contribution in [2.24, 2.45) is 4.99 Å². The van der Waals surface area contributed by atoms with E-state index >= 15 is 0 Å². The molecule has 0 aromatic rings. The predicted octanol–water partition coefficient (Wildman–Crippen LogP) is 2.05. The number of rotatable bonds is 5. The van der Waals surface area contributed by atoms with Crippen molar-refractivity contribution in [3.8, 4) is 0 Å². The molecular weight excluding hydrogens is 339 g/mol. The normalized spacial score (nSPS) is 17.1. The molecule has 0 amide bonds. The summed E-state index contributed by atoms with van der Waals surface area (Å²) in [5.41, 5.74) is 0. The van der Waals surface area contributed by atoms with Gasteiger partial charge >= 0.3 is 0 Å². The van der Waals surface area contributed by atoms with E-state index in [0.29, 0.717) is 6.04 Å². The first-order valence-corrected chi connectivity index (χ1v) is 6.81.